The third-order valence-corrected chi connectivity index (χ3v) is 4.21. The van der Waals surface area contributed by atoms with E-state index in [9.17, 15) is 18.0 Å². The first kappa shape index (κ1) is 17.3. The highest BCUT2D eigenvalue weighted by Gasteiger charge is 2.34. The molecular formula is C18H18F3N3O. The van der Waals surface area contributed by atoms with Gasteiger partial charge in [0.15, 0.2) is 0 Å². The van der Waals surface area contributed by atoms with Gasteiger partial charge >= 0.3 is 6.18 Å². The summed E-state index contributed by atoms with van der Waals surface area (Å²) in [6.07, 6.45) is -1.73. The van der Waals surface area contributed by atoms with Crippen molar-refractivity contribution in [3.8, 4) is 0 Å². The number of benzene rings is 1. The minimum absolute atomic E-state index is 0.117. The lowest BCUT2D eigenvalue weighted by atomic mass is 10.1. The molecule has 2 heterocycles. The van der Waals surface area contributed by atoms with Gasteiger partial charge in [-0.05, 0) is 29.7 Å². The van der Waals surface area contributed by atoms with Crippen molar-refractivity contribution >= 4 is 11.7 Å². The van der Waals surface area contributed by atoms with Crippen LogP contribution in [0.4, 0.5) is 19.0 Å². The highest BCUT2D eigenvalue weighted by molar-refractivity contribution is 5.78. The van der Waals surface area contributed by atoms with E-state index in [4.69, 9.17) is 0 Å². The normalized spacial score (nSPS) is 14.8. The minimum atomic E-state index is -4.46. The molecule has 0 atom stereocenters. The van der Waals surface area contributed by atoms with Gasteiger partial charge in [-0.1, -0.05) is 24.3 Å². The zero-order valence-electron chi connectivity index (χ0n) is 13.5. The van der Waals surface area contributed by atoms with E-state index in [2.05, 4.69) is 10.3 Å². The molecule has 3 rings (SSSR count). The Bertz CT molecular complexity index is 761. The number of hydrogen-bond acceptors (Lipinski definition) is 3. The van der Waals surface area contributed by atoms with Crippen LogP contribution in [0.1, 0.15) is 29.5 Å². The van der Waals surface area contributed by atoms with E-state index in [1.807, 2.05) is 24.3 Å². The van der Waals surface area contributed by atoms with Crippen LogP contribution in [0.3, 0.4) is 0 Å². The molecule has 0 saturated carbocycles. The summed E-state index contributed by atoms with van der Waals surface area (Å²) < 4.78 is 39.1. The van der Waals surface area contributed by atoms with E-state index < -0.39 is 11.7 Å². The average Bonchev–Trinajstić information content (AvgIpc) is 2.98. The number of rotatable bonds is 5. The van der Waals surface area contributed by atoms with E-state index in [1.165, 1.54) is 12.3 Å². The van der Waals surface area contributed by atoms with Gasteiger partial charge in [0.1, 0.15) is 5.82 Å². The zero-order chi connectivity index (χ0) is 17.9. The molecule has 1 N–H and O–H groups in total. The number of nitrogens with zero attached hydrogens (tertiary/aromatic N) is 2. The molecule has 1 fully saturated rings. The largest absolute Gasteiger partial charge is 0.419 e. The van der Waals surface area contributed by atoms with Crippen LogP contribution >= 0.6 is 0 Å². The van der Waals surface area contributed by atoms with Gasteiger partial charge in [-0.25, -0.2) is 4.98 Å². The van der Waals surface area contributed by atoms with Crippen molar-refractivity contribution in [2.75, 3.05) is 11.9 Å². The first-order valence-electron chi connectivity index (χ1n) is 8.06. The van der Waals surface area contributed by atoms with Gasteiger partial charge in [-0.3, -0.25) is 4.79 Å². The van der Waals surface area contributed by atoms with Crippen molar-refractivity contribution in [3.05, 3.63) is 59.3 Å². The number of pyridine rings is 1. The number of alkyl halides is 3. The molecule has 132 valence electrons. The Kier molecular flexibility index (Phi) is 4.92. The first-order chi connectivity index (χ1) is 11.9. The van der Waals surface area contributed by atoms with Crippen LogP contribution in [0.15, 0.2) is 42.6 Å². The maximum atomic E-state index is 13.0. The molecule has 25 heavy (non-hydrogen) atoms. The predicted octanol–water partition coefficient (Wildman–Crippen LogP) is 3.83. The van der Waals surface area contributed by atoms with Crippen molar-refractivity contribution in [2.45, 2.75) is 32.1 Å². The molecule has 1 aromatic carbocycles. The lowest BCUT2D eigenvalue weighted by Crippen LogP contribution is -2.24. The number of carbonyl (C=O) groups excluding carboxylic acids is 1. The number of aromatic nitrogens is 1. The molecule has 4 nitrogen and oxygen atoms in total. The fourth-order valence-electron chi connectivity index (χ4n) is 2.91. The van der Waals surface area contributed by atoms with Gasteiger partial charge in [-0.15, -0.1) is 0 Å². The Balaban J connectivity index is 1.75. The number of nitrogens with one attached hydrogen (secondary N) is 1. The number of carbonyl (C=O) groups is 1. The zero-order valence-corrected chi connectivity index (χ0v) is 13.5. The van der Waals surface area contributed by atoms with Gasteiger partial charge in [-0.2, -0.15) is 13.2 Å². The number of hydrogen-bond donors (Lipinski definition) is 1. The summed E-state index contributed by atoms with van der Waals surface area (Å²) in [6.45, 7) is 1.41. The molecule has 0 spiro atoms. The van der Waals surface area contributed by atoms with Gasteiger partial charge < -0.3 is 10.2 Å². The van der Waals surface area contributed by atoms with Crippen LogP contribution in [0, 0.1) is 0 Å². The van der Waals surface area contributed by atoms with Crippen molar-refractivity contribution in [1.29, 1.82) is 0 Å². The smallest absolute Gasteiger partial charge is 0.365 e. The molecule has 1 aromatic heterocycles. The summed E-state index contributed by atoms with van der Waals surface area (Å²) in [4.78, 5) is 17.4. The fraction of sp³-hybridized carbons (Fsp3) is 0.333. The molecule has 1 amide bonds. The molecule has 1 aliphatic heterocycles. The minimum Gasteiger partial charge on any atom is -0.365 e. The average molecular weight is 349 g/mol. The second kappa shape index (κ2) is 7.13. The molecule has 2 aromatic rings. The van der Waals surface area contributed by atoms with Crippen LogP contribution < -0.4 is 5.32 Å². The van der Waals surface area contributed by atoms with Crippen LogP contribution in [0.2, 0.25) is 0 Å². The maximum Gasteiger partial charge on any atom is 0.419 e. The maximum absolute atomic E-state index is 13.0. The SMILES string of the molecule is O=C1CCCN1Cc1ccccc1CNc1ncccc1C(F)(F)F. The molecular weight excluding hydrogens is 331 g/mol. The summed E-state index contributed by atoms with van der Waals surface area (Å²) in [7, 11) is 0. The first-order valence-corrected chi connectivity index (χ1v) is 8.06. The predicted molar refractivity (Wildman–Crippen MR) is 87.7 cm³/mol. The van der Waals surface area contributed by atoms with E-state index in [0.717, 1.165) is 30.2 Å². The molecule has 1 saturated heterocycles. The molecule has 0 radical (unpaired) electrons. The molecule has 0 bridgehead atoms. The van der Waals surface area contributed by atoms with Crippen LogP contribution in [0.5, 0.6) is 0 Å². The highest BCUT2D eigenvalue weighted by atomic mass is 19.4. The molecule has 7 heteroatoms. The molecule has 0 aliphatic carbocycles. The van der Waals surface area contributed by atoms with Crippen LogP contribution in [-0.4, -0.2) is 22.3 Å². The van der Waals surface area contributed by atoms with Gasteiger partial charge in [0.2, 0.25) is 5.91 Å². The quantitative estimate of drug-likeness (QED) is 0.892. The molecule has 1 aliphatic rings. The van der Waals surface area contributed by atoms with E-state index in [0.29, 0.717) is 13.0 Å². The van der Waals surface area contributed by atoms with Gasteiger partial charge in [0.25, 0.3) is 0 Å². The summed E-state index contributed by atoms with van der Waals surface area (Å²) in [5.74, 6) is -0.0751. The summed E-state index contributed by atoms with van der Waals surface area (Å²) in [6, 6.07) is 9.70. The third kappa shape index (κ3) is 4.10. The third-order valence-electron chi connectivity index (χ3n) is 4.21. The van der Waals surface area contributed by atoms with Crippen molar-refractivity contribution in [1.82, 2.24) is 9.88 Å². The Labute approximate surface area is 143 Å². The molecule has 0 unspecified atom stereocenters. The highest BCUT2D eigenvalue weighted by Crippen LogP contribution is 2.33. The Hall–Kier alpha value is -2.57. The lowest BCUT2D eigenvalue weighted by molar-refractivity contribution is -0.137. The van der Waals surface area contributed by atoms with Crippen molar-refractivity contribution in [3.63, 3.8) is 0 Å². The summed E-state index contributed by atoms with van der Waals surface area (Å²) >= 11 is 0. The van der Waals surface area contributed by atoms with E-state index in [1.54, 1.807) is 4.90 Å². The summed E-state index contributed by atoms with van der Waals surface area (Å²) in [5.41, 5.74) is 0.984. The summed E-state index contributed by atoms with van der Waals surface area (Å²) in [5, 5.41) is 2.78. The van der Waals surface area contributed by atoms with Gasteiger partial charge in [0, 0.05) is 32.3 Å². The standard InChI is InChI=1S/C18H18F3N3O/c19-18(20,21)15-7-3-9-22-17(15)23-11-13-5-1-2-6-14(13)12-24-10-4-8-16(24)25/h1-3,5-7,9H,4,8,10-12H2,(H,22,23). The fourth-order valence-corrected chi connectivity index (χ4v) is 2.91. The number of halogens is 3. The van der Waals surface area contributed by atoms with E-state index in [-0.39, 0.29) is 18.3 Å². The van der Waals surface area contributed by atoms with Crippen LogP contribution in [-0.2, 0) is 24.1 Å². The number of anilines is 1. The second-order valence-corrected chi connectivity index (χ2v) is 5.94. The Morgan fingerprint density at radius 2 is 1.88 bits per heavy atom. The number of likely N-dealkylation sites (tertiary alicyclic amines) is 1. The second-order valence-electron chi connectivity index (χ2n) is 5.94. The van der Waals surface area contributed by atoms with Crippen molar-refractivity contribution in [2.24, 2.45) is 0 Å². The van der Waals surface area contributed by atoms with Gasteiger partial charge in [0.05, 0.1) is 5.56 Å². The Morgan fingerprint density at radius 1 is 1.12 bits per heavy atom. The van der Waals surface area contributed by atoms with Crippen molar-refractivity contribution < 1.29 is 18.0 Å². The lowest BCUT2D eigenvalue weighted by Gasteiger charge is -2.19. The van der Waals surface area contributed by atoms with Crippen LogP contribution in [0.25, 0.3) is 0 Å². The monoisotopic (exact) mass is 349 g/mol. The Morgan fingerprint density at radius 3 is 2.56 bits per heavy atom. The number of amides is 1. The topological polar surface area (TPSA) is 45.2 Å². The van der Waals surface area contributed by atoms with E-state index >= 15 is 0 Å².